The van der Waals surface area contributed by atoms with E-state index in [0.29, 0.717) is 23.8 Å². The van der Waals surface area contributed by atoms with E-state index in [1.807, 2.05) is 0 Å². The number of carbonyl (C=O) groups excluding carboxylic acids is 1. The average molecular weight is 302 g/mol. The molecule has 7 heteroatoms. The first-order valence-corrected chi connectivity index (χ1v) is 8.59. The predicted octanol–water partition coefficient (Wildman–Crippen LogP) is 1.56. The van der Waals surface area contributed by atoms with Gasteiger partial charge in [0.25, 0.3) is 10.0 Å². The van der Waals surface area contributed by atoms with Gasteiger partial charge in [-0.2, -0.15) is 4.31 Å². The second-order valence-electron chi connectivity index (χ2n) is 4.60. The summed E-state index contributed by atoms with van der Waals surface area (Å²) in [5.74, 6) is -0.117. The molecule has 1 aromatic heterocycles. The molecule has 1 amide bonds. The maximum absolute atomic E-state index is 12.4. The van der Waals surface area contributed by atoms with E-state index in [-0.39, 0.29) is 5.91 Å². The van der Waals surface area contributed by atoms with E-state index < -0.39 is 10.0 Å². The van der Waals surface area contributed by atoms with Gasteiger partial charge in [-0.3, -0.25) is 4.79 Å². The quantitative estimate of drug-likeness (QED) is 0.918. The normalized spacial score (nSPS) is 17.3. The smallest absolute Gasteiger partial charge is 0.252 e. The summed E-state index contributed by atoms with van der Waals surface area (Å²) in [7, 11) is -3.34. The first-order valence-electron chi connectivity index (χ1n) is 6.33. The summed E-state index contributed by atoms with van der Waals surface area (Å²) in [6.45, 7) is 3.05. The van der Waals surface area contributed by atoms with Crippen LogP contribution in [0.2, 0.25) is 0 Å². The van der Waals surface area contributed by atoms with Gasteiger partial charge >= 0.3 is 0 Å². The third-order valence-electron chi connectivity index (χ3n) is 3.06. The number of carbonyl (C=O) groups is 1. The molecule has 1 N–H and O–H groups in total. The highest BCUT2D eigenvalue weighted by Gasteiger charge is 2.27. The number of thiophene rings is 1. The van der Waals surface area contributed by atoms with Crippen LogP contribution in [0.1, 0.15) is 31.1 Å². The average Bonchev–Trinajstić information content (AvgIpc) is 2.87. The molecule has 106 valence electrons. The number of sulfonamides is 1. The van der Waals surface area contributed by atoms with Crippen molar-refractivity contribution in [1.82, 2.24) is 9.62 Å². The summed E-state index contributed by atoms with van der Waals surface area (Å²) in [6, 6.07) is 3.39. The minimum absolute atomic E-state index is 0.117. The van der Waals surface area contributed by atoms with E-state index in [2.05, 4.69) is 5.32 Å². The Morgan fingerprint density at radius 1 is 1.32 bits per heavy atom. The van der Waals surface area contributed by atoms with E-state index in [9.17, 15) is 13.2 Å². The monoisotopic (exact) mass is 302 g/mol. The molecular weight excluding hydrogens is 284 g/mol. The third-order valence-corrected chi connectivity index (χ3v) is 6.51. The Morgan fingerprint density at radius 3 is 2.63 bits per heavy atom. The Balaban J connectivity index is 2.10. The molecule has 0 aliphatic carbocycles. The standard InChI is InChI=1S/C12H18N2O3S2/c1-10(15)13-9-11-5-6-12(18-11)19(16,17)14-7-3-2-4-8-14/h5-6H,2-4,7-9H2,1H3,(H,13,15). The lowest BCUT2D eigenvalue weighted by atomic mass is 10.2. The molecule has 19 heavy (non-hydrogen) atoms. The van der Waals surface area contributed by atoms with Gasteiger partial charge in [-0.15, -0.1) is 11.3 Å². The van der Waals surface area contributed by atoms with Gasteiger partial charge in [-0.1, -0.05) is 6.42 Å². The fourth-order valence-electron chi connectivity index (χ4n) is 2.04. The lowest BCUT2D eigenvalue weighted by Gasteiger charge is -2.25. The van der Waals surface area contributed by atoms with Crippen LogP contribution in [0.3, 0.4) is 0 Å². The van der Waals surface area contributed by atoms with E-state index in [0.717, 1.165) is 24.1 Å². The Morgan fingerprint density at radius 2 is 2.00 bits per heavy atom. The molecule has 1 aromatic rings. The lowest BCUT2D eigenvalue weighted by molar-refractivity contribution is -0.119. The number of piperidine rings is 1. The molecule has 1 aliphatic rings. The van der Waals surface area contributed by atoms with Crippen molar-refractivity contribution in [2.45, 2.75) is 36.9 Å². The number of nitrogens with zero attached hydrogens (tertiary/aromatic N) is 1. The zero-order chi connectivity index (χ0) is 13.9. The van der Waals surface area contributed by atoms with Crippen LogP contribution in [0.15, 0.2) is 16.3 Å². The molecular formula is C12H18N2O3S2. The lowest BCUT2D eigenvalue weighted by Crippen LogP contribution is -2.35. The Hall–Kier alpha value is -0.920. The molecule has 0 unspecified atom stereocenters. The molecule has 2 heterocycles. The van der Waals surface area contributed by atoms with Gasteiger partial charge in [-0.05, 0) is 25.0 Å². The first-order chi connectivity index (χ1) is 9.00. The van der Waals surface area contributed by atoms with Crippen LogP contribution in [0.4, 0.5) is 0 Å². The number of hydrogen-bond donors (Lipinski definition) is 1. The number of amides is 1. The van der Waals surface area contributed by atoms with E-state index >= 15 is 0 Å². The fraction of sp³-hybridized carbons (Fsp3) is 0.583. The van der Waals surface area contributed by atoms with Crippen molar-refractivity contribution in [2.24, 2.45) is 0 Å². The highest BCUT2D eigenvalue weighted by Crippen LogP contribution is 2.26. The van der Waals surface area contributed by atoms with Crippen LogP contribution < -0.4 is 5.32 Å². The van der Waals surface area contributed by atoms with Crippen molar-refractivity contribution < 1.29 is 13.2 Å². The second-order valence-corrected chi connectivity index (χ2v) is 7.93. The predicted molar refractivity (Wildman–Crippen MR) is 74.4 cm³/mol. The van der Waals surface area contributed by atoms with Crippen LogP contribution in [-0.4, -0.2) is 31.7 Å². The number of hydrogen-bond acceptors (Lipinski definition) is 4. The molecule has 1 saturated heterocycles. The fourth-order valence-corrected chi connectivity index (χ4v) is 5.00. The van der Waals surface area contributed by atoms with Crippen molar-refractivity contribution in [3.05, 3.63) is 17.0 Å². The van der Waals surface area contributed by atoms with Crippen LogP contribution in [0.25, 0.3) is 0 Å². The van der Waals surface area contributed by atoms with Crippen LogP contribution in [0, 0.1) is 0 Å². The molecule has 0 atom stereocenters. The molecule has 1 aliphatic heterocycles. The zero-order valence-corrected chi connectivity index (χ0v) is 12.5. The largest absolute Gasteiger partial charge is 0.351 e. The van der Waals surface area contributed by atoms with Crippen molar-refractivity contribution in [3.63, 3.8) is 0 Å². The van der Waals surface area contributed by atoms with Gasteiger partial charge in [0.05, 0.1) is 6.54 Å². The SMILES string of the molecule is CC(=O)NCc1ccc(S(=O)(=O)N2CCCCC2)s1. The molecule has 0 saturated carbocycles. The van der Waals surface area contributed by atoms with E-state index in [1.54, 1.807) is 16.4 Å². The van der Waals surface area contributed by atoms with Crippen LogP contribution in [0.5, 0.6) is 0 Å². The van der Waals surface area contributed by atoms with E-state index in [4.69, 9.17) is 0 Å². The Bertz CT molecular complexity index is 545. The highest BCUT2D eigenvalue weighted by molar-refractivity contribution is 7.91. The minimum atomic E-state index is -3.34. The van der Waals surface area contributed by atoms with Crippen molar-refractivity contribution in [2.75, 3.05) is 13.1 Å². The maximum Gasteiger partial charge on any atom is 0.252 e. The van der Waals surface area contributed by atoms with E-state index in [1.165, 1.54) is 18.3 Å². The first kappa shape index (κ1) is 14.5. The number of rotatable bonds is 4. The van der Waals surface area contributed by atoms with Crippen molar-refractivity contribution >= 4 is 27.3 Å². The van der Waals surface area contributed by atoms with Gasteiger partial charge in [0.15, 0.2) is 0 Å². The van der Waals surface area contributed by atoms with Gasteiger partial charge < -0.3 is 5.32 Å². The van der Waals surface area contributed by atoms with Gasteiger partial charge in [0.1, 0.15) is 4.21 Å². The van der Waals surface area contributed by atoms with Gasteiger partial charge in [0.2, 0.25) is 5.91 Å². The maximum atomic E-state index is 12.4. The molecule has 0 aromatic carbocycles. The Kier molecular flexibility index (Phi) is 4.59. The summed E-state index contributed by atoms with van der Waals surface area (Å²) >= 11 is 1.23. The summed E-state index contributed by atoms with van der Waals surface area (Å²) in [4.78, 5) is 11.7. The van der Waals surface area contributed by atoms with Crippen molar-refractivity contribution in [1.29, 1.82) is 0 Å². The molecule has 5 nitrogen and oxygen atoms in total. The topological polar surface area (TPSA) is 66.5 Å². The van der Waals surface area contributed by atoms with Crippen LogP contribution >= 0.6 is 11.3 Å². The van der Waals surface area contributed by atoms with Crippen LogP contribution in [-0.2, 0) is 21.4 Å². The molecule has 0 spiro atoms. The number of nitrogens with one attached hydrogen (secondary N) is 1. The molecule has 1 fully saturated rings. The Labute approximate surface area is 117 Å². The summed E-state index contributed by atoms with van der Waals surface area (Å²) in [6.07, 6.45) is 2.97. The molecule has 0 bridgehead atoms. The van der Waals surface area contributed by atoms with Crippen molar-refractivity contribution in [3.8, 4) is 0 Å². The summed E-state index contributed by atoms with van der Waals surface area (Å²) in [5, 5.41) is 2.67. The highest BCUT2D eigenvalue weighted by atomic mass is 32.2. The van der Waals surface area contributed by atoms with Gasteiger partial charge in [0, 0.05) is 24.9 Å². The zero-order valence-electron chi connectivity index (χ0n) is 10.9. The second kappa shape index (κ2) is 6.02. The third kappa shape index (κ3) is 3.55. The molecule has 2 rings (SSSR count). The minimum Gasteiger partial charge on any atom is -0.351 e. The molecule has 0 radical (unpaired) electrons. The summed E-state index contributed by atoms with van der Waals surface area (Å²) < 4.78 is 26.7. The summed E-state index contributed by atoms with van der Waals surface area (Å²) in [5.41, 5.74) is 0. The van der Waals surface area contributed by atoms with Gasteiger partial charge in [-0.25, -0.2) is 8.42 Å².